The molecule has 5 nitrogen and oxygen atoms in total. The molecule has 0 aliphatic rings. The fourth-order valence-electron chi connectivity index (χ4n) is 2.08. The van der Waals surface area contributed by atoms with E-state index in [1.165, 1.54) is 0 Å². The molecule has 5 heteroatoms. The van der Waals surface area contributed by atoms with E-state index in [1.54, 1.807) is 25.5 Å². The number of para-hydroxylation sites is 1. The number of phenolic OH excluding ortho intramolecular Hbond substituents is 1. The van der Waals surface area contributed by atoms with Crippen LogP contribution in [-0.4, -0.2) is 23.4 Å². The Morgan fingerprint density at radius 2 is 2.00 bits per heavy atom. The predicted octanol–water partition coefficient (Wildman–Crippen LogP) is 3.40. The Hall–Kier alpha value is -3.08. The van der Waals surface area contributed by atoms with Gasteiger partial charge in [0.1, 0.15) is 17.0 Å². The van der Waals surface area contributed by atoms with Crippen molar-refractivity contribution in [3.8, 4) is 11.5 Å². The minimum atomic E-state index is 0.161. The highest BCUT2D eigenvalue weighted by molar-refractivity contribution is 5.88. The molecule has 110 valence electrons. The summed E-state index contributed by atoms with van der Waals surface area (Å²) >= 11 is 0. The van der Waals surface area contributed by atoms with Crippen molar-refractivity contribution in [1.82, 2.24) is 4.98 Å². The molecule has 0 aliphatic carbocycles. The lowest BCUT2D eigenvalue weighted by molar-refractivity contribution is 0.415. The van der Waals surface area contributed by atoms with Crippen molar-refractivity contribution in [2.24, 2.45) is 5.10 Å². The number of nitrogens with one attached hydrogen (secondary N) is 1. The van der Waals surface area contributed by atoms with Crippen LogP contribution < -0.4 is 10.2 Å². The highest BCUT2D eigenvalue weighted by Crippen LogP contribution is 2.22. The second-order valence-electron chi connectivity index (χ2n) is 4.69. The van der Waals surface area contributed by atoms with Crippen LogP contribution in [0.3, 0.4) is 0 Å². The van der Waals surface area contributed by atoms with E-state index in [9.17, 15) is 5.11 Å². The van der Waals surface area contributed by atoms with Crippen molar-refractivity contribution in [2.75, 3.05) is 12.5 Å². The van der Waals surface area contributed by atoms with Gasteiger partial charge in [-0.3, -0.25) is 5.43 Å². The summed E-state index contributed by atoms with van der Waals surface area (Å²) in [7, 11) is 1.62. The van der Waals surface area contributed by atoms with E-state index < -0.39 is 0 Å². The van der Waals surface area contributed by atoms with Crippen molar-refractivity contribution in [2.45, 2.75) is 0 Å². The summed E-state index contributed by atoms with van der Waals surface area (Å²) in [5.74, 6) is 0.919. The van der Waals surface area contributed by atoms with E-state index in [-0.39, 0.29) is 5.75 Å². The van der Waals surface area contributed by atoms with Gasteiger partial charge in [0.05, 0.1) is 24.7 Å². The number of anilines is 1. The normalized spacial score (nSPS) is 11.0. The standard InChI is InChI=1S/C17H15N3O2/c1-22-15-6-3-5-13(10-15)20-18-11-14-9-8-12-4-2-7-16(21)17(12)19-14/h2-11,20-21H,1H3/b18-11+. The maximum Gasteiger partial charge on any atom is 0.141 e. The monoisotopic (exact) mass is 293 g/mol. The van der Waals surface area contributed by atoms with Gasteiger partial charge in [-0.25, -0.2) is 4.98 Å². The van der Waals surface area contributed by atoms with Gasteiger partial charge in [0.25, 0.3) is 0 Å². The van der Waals surface area contributed by atoms with Crippen LogP contribution in [0.5, 0.6) is 11.5 Å². The zero-order chi connectivity index (χ0) is 15.4. The Balaban J connectivity index is 1.79. The van der Waals surface area contributed by atoms with Crippen LogP contribution in [0.2, 0.25) is 0 Å². The number of pyridine rings is 1. The molecule has 0 amide bonds. The smallest absolute Gasteiger partial charge is 0.141 e. The molecule has 3 aromatic rings. The van der Waals surface area contributed by atoms with Crippen LogP contribution in [0.1, 0.15) is 5.69 Å². The SMILES string of the molecule is COc1cccc(N/N=C/c2ccc3cccc(O)c3n2)c1. The van der Waals surface area contributed by atoms with E-state index in [0.717, 1.165) is 16.8 Å². The van der Waals surface area contributed by atoms with Crippen LogP contribution in [-0.2, 0) is 0 Å². The molecule has 2 aromatic carbocycles. The number of aromatic nitrogens is 1. The fraction of sp³-hybridized carbons (Fsp3) is 0.0588. The van der Waals surface area contributed by atoms with Crippen molar-refractivity contribution < 1.29 is 9.84 Å². The molecular weight excluding hydrogens is 278 g/mol. The topological polar surface area (TPSA) is 66.7 Å². The number of phenols is 1. The Morgan fingerprint density at radius 3 is 2.86 bits per heavy atom. The zero-order valence-corrected chi connectivity index (χ0v) is 12.0. The van der Waals surface area contributed by atoms with E-state index in [4.69, 9.17) is 4.74 Å². The van der Waals surface area contributed by atoms with Crippen LogP contribution in [0.25, 0.3) is 10.9 Å². The molecule has 0 aliphatic heterocycles. The first kappa shape index (κ1) is 13.9. The number of benzene rings is 2. The molecule has 0 saturated heterocycles. The van der Waals surface area contributed by atoms with Gasteiger partial charge in [-0.2, -0.15) is 5.10 Å². The largest absolute Gasteiger partial charge is 0.506 e. The second-order valence-corrected chi connectivity index (χ2v) is 4.69. The van der Waals surface area contributed by atoms with Crippen molar-refractivity contribution in [3.63, 3.8) is 0 Å². The third kappa shape index (κ3) is 2.98. The quantitative estimate of drug-likeness (QED) is 0.571. The second kappa shape index (κ2) is 6.13. The number of fused-ring (bicyclic) bond motifs is 1. The Morgan fingerprint density at radius 1 is 1.14 bits per heavy atom. The lowest BCUT2D eigenvalue weighted by atomic mass is 10.2. The number of methoxy groups -OCH3 is 1. The minimum absolute atomic E-state index is 0.161. The number of hydrazone groups is 1. The summed E-state index contributed by atoms with van der Waals surface area (Å²) in [6.45, 7) is 0. The van der Waals surface area contributed by atoms with Gasteiger partial charge in [-0.05, 0) is 24.3 Å². The molecule has 0 radical (unpaired) electrons. The zero-order valence-electron chi connectivity index (χ0n) is 12.0. The van der Waals surface area contributed by atoms with Crippen LogP contribution in [0.15, 0.2) is 59.7 Å². The lowest BCUT2D eigenvalue weighted by Crippen LogP contribution is -1.94. The molecule has 0 saturated carbocycles. The van der Waals surface area contributed by atoms with Gasteiger partial charge in [0.2, 0.25) is 0 Å². The summed E-state index contributed by atoms with van der Waals surface area (Å²) < 4.78 is 5.15. The minimum Gasteiger partial charge on any atom is -0.506 e. The highest BCUT2D eigenvalue weighted by Gasteiger charge is 2.01. The van der Waals surface area contributed by atoms with Gasteiger partial charge in [0.15, 0.2) is 0 Å². The molecule has 1 heterocycles. The van der Waals surface area contributed by atoms with Crippen molar-refractivity contribution in [3.05, 3.63) is 60.3 Å². The highest BCUT2D eigenvalue weighted by atomic mass is 16.5. The molecule has 0 bridgehead atoms. The number of rotatable bonds is 4. The molecule has 0 fully saturated rings. The summed E-state index contributed by atoms with van der Waals surface area (Å²) in [5, 5.41) is 14.9. The molecule has 0 spiro atoms. The molecular formula is C17H15N3O2. The molecule has 3 rings (SSSR count). The van der Waals surface area contributed by atoms with Gasteiger partial charge in [0, 0.05) is 11.5 Å². The Bertz CT molecular complexity index is 831. The van der Waals surface area contributed by atoms with Gasteiger partial charge in [-0.1, -0.05) is 24.3 Å². The summed E-state index contributed by atoms with van der Waals surface area (Å²) in [5.41, 5.74) is 4.96. The van der Waals surface area contributed by atoms with Crippen LogP contribution in [0, 0.1) is 0 Å². The summed E-state index contributed by atoms with van der Waals surface area (Å²) in [6.07, 6.45) is 1.60. The van der Waals surface area contributed by atoms with Gasteiger partial charge < -0.3 is 9.84 Å². The average molecular weight is 293 g/mol. The summed E-state index contributed by atoms with van der Waals surface area (Å²) in [4.78, 5) is 4.38. The fourth-order valence-corrected chi connectivity index (χ4v) is 2.08. The first-order valence-electron chi connectivity index (χ1n) is 6.78. The van der Waals surface area contributed by atoms with Gasteiger partial charge >= 0.3 is 0 Å². The van der Waals surface area contributed by atoms with Crippen LogP contribution >= 0.6 is 0 Å². The number of ether oxygens (including phenoxy) is 1. The molecule has 2 N–H and O–H groups in total. The summed E-state index contributed by atoms with van der Waals surface area (Å²) in [6, 6.07) is 16.5. The first-order valence-corrected chi connectivity index (χ1v) is 6.78. The van der Waals surface area contributed by atoms with E-state index in [2.05, 4.69) is 15.5 Å². The maximum atomic E-state index is 9.82. The van der Waals surface area contributed by atoms with Crippen molar-refractivity contribution >= 4 is 22.8 Å². The Labute approximate surface area is 127 Å². The van der Waals surface area contributed by atoms with Crippen LogP contribution in [0.4, 0.5) is 5.69 Å². The number of hydrogen-bond acceptors (Lipinski definition) is 5. The first-order chi connectivity index (χ1) is 10.8. The van der Waals surface area contributed by atoms with E-state index in [0.29, 0.717) is 11.2 Å². The van der Waals surface area contributed by atoms with E-state index in [1.807, 2.05) is 42.5 Å². The molecule has 1 aromatic heterocycles. The number of aromatic hydroxyl groups is 1. The van der Waals surface area contributed by atoms with Gasteiger partial charge in [-0.15, -0.1) is 0 Å². The molecule has 0 unspecified atom stereocenters. The maximum absolute atomic E-state index is 9.82. The molecule has 22 heavy (non-hydrogen) atoms. The number of nitrogens with zero attached hydrogens (tertiary/aromatic N) is 2. The lowest BCUT2D eigenvalue weighted by Gasteiger charge is -2.03. The third-order valence-electron chi connectivity index (χ3n) is 3.18. The van der Waals surface area contributed by atoms with Crippen molar-refractivity contribution in [1.29, 1.82) is 0 Å². The third-order valence-corrected chi connectivity index (χ3v) is 3.18. The average Bonchev–Trinajstić information content (AvgIpc) is 2.56. The predicted molar refractivity (Wildman–Crippen MR) is 87.6 cm³/mol. The Kier molecular flexibility index (Phi) is 3.87. The van der Waals surface area contributed by atoms with E-state index >= 15 is 0 Å². The molecule has 0 atom stereocenters. The number of hydrogen-bond donors (Lipinski definition) is 2.